The zero-order valence-corrected chi connectivity index (χ0v) is 9.11. The number of halogens is 1. The van der Waals surface area contributed by atoms with E-state index in [4.69, 9.17) is 9.15 Å². The van der Waals surface area contributed by atoms with Gasteiger partial charge in [-0.2, -0.15) is 0 Å². The third kappa shape index (κ3) is 1.65. The Labute approximate surface area is 89.8 Å². The predicted octanol–water partition coefficient (Wildman–Crippen LogP) is 3.11. The first-order valence-corrected chi connectivity index (χ1v) is 4.84. The summed E-state index contributed by atoms with van der Waals surface area (Å²) in [6.07, 6.45) is 3.14. The van der Waals surface area contributed by atoms with Crippen molar-refractivity contribution in [3.05, 3.63) is 35.1 Å². The molecule has 1 aromatic heterocycles. The molecule has 0 aliphatic heterocycles. The van der Waals surface area contributed by atoms with Gasteiger partial charge in [-0.1, -0.05) is 15.9 Å². The summed E-state index contributed by atoms with van der Waals surface area (Å²) in [5, 5.41) is 0. The van der Waals surface area contributed by atoms with E-state index in [1.807, 2.05) is 18.2 Å². The predicted molar refractivity (Wildman–Crippen MR) is 56.2 cm³/mol. The van der Waals surface area contributed by atoms with Crippen molar-refractivity contribution in [3.8, 4) is 17.2 Å². The first-order valence-electron chi connectivity index (χ1n) is 4.04. The van der Waals surface area contributed by atoms with E-state index in [-0.39, 0.29) is 0 Å². The summed E-state index contributed by atoms with van der Waals surface area (Å²) >= 11 is 3.39. The second-order valence-corrected chi connectivity index (χ2v) is 3.60. The van der Waals surface area contributed by atoms with E-state index in [9.17, 15) is 0 Å². The highest BCUT2D eigenvalue weighted by atomic mass is 79.9. The molecule has 0 radical (unpaired) electrons. The average Bonchev–Trinajstić information content (AvgIpc) is 2.70. The van der Waals surface area contributed by atoms with Crippen LogP contribution in [0.15, 0.2) is 39.5 Å². The molecule has 14 heavy (non-hydrogen) atoms. The molecule has 0 unspecified atom stereocenters. The van der Waals surface area contributed by atoms with Gasteiger partial charge in [0.25, 0.3) is 0 Å². The molecule has 3 nitrogen and oxygen atoms in total. The molecule has 0 fully saturated rings. The standard InChI is InChI=1S/C10H8BrNO2/c1-13-9-3-2-7(11)6-8(9)10-12-4-5-14-10/h2-6H,1H3. The quantitative estimate of drug-likeness (QED) is 0.825. The molecule has 0 N–H and O–H groups in total. The van der Waals surface area contributed by atoms with Crippen molar-refractivity contribution in [2.45, 2.75) is 0 Å². The SMILES string of the molecule is COc1ccc(Br)cc1-c1ncco1. The van der Waals surface area contributed by atoms with Gasteiger partial charge in [-0.15, -0.1) is 0 Å². The summed E-state index contributed by atoms with van der Waals surface area (Å²) in [4.78, 5) is 4.07. The Morgan fingerprint density at radius 2 is 2.29 bits per heavy atom. The van der Waals surface area contributed by atoms with E-state index in [2.05, 4.69) is 20.9 Å². The van der Waals surface area contributed by atoms with Gasteiger partial charge < -0.3 is 9.15 Å². The van der Waals surface area contributed by atoms with Crippen LogP contribution in [0, 0.1) is 0 Å². The zero-order valence-electron chi connectivity index (χ0n) is 7.53. The van der Waals surface area contributed by atoms with Gasteiger partial charge in [0.05, 0.1) is 18.9 Å². The summed E-state index contributed by atoms with van der Waals surface area (Å²) in [5.41, 5.74) is 0.840. The zero-order chi connectivity index (χ0) is 9.97. The molecule has 0 saturated heterocycles. The Kier molecular flexibility index (Phi) is 2.54. The fraction of sp³-hybridized carbons (Fsp3) is 0.100. The normalized spacial score (nSPS) is 10.1. The van der Waals surface area contributed by atoms with E-state index in [1.54, 1.807) is 13.3 Å². The molecular formula is C10H8BrNO2. The topological polar surface area (TPSA) is 35.3 Å². The average molecular weight is 254 g/mol. The van der Waals surface area contributed by atoms with Crippen molar-refractivity contribution in [3.63, 3.8) is 0 Å². The van der Waals surface area contributed by atoms with Gasteiger partial charge in [-0.3, -0.25) is 0 Å². The highest BCUT2D eigenvalue weighted by Gasteiger charge is 2.09. The highest BCUT2D eigenvalue weighted by molar-refractivity contribution is 9.10. The monoisotopic (exact) mass is 253 g/mol. The summed E-state index contributed by atoms with van der Waals surface area (Å²) in [6.45, 7) is 0. The maximum Gasteiger partial charge on any atom is 0.229 e. The molecule has 1 aromatic carbocycles. The van der Waals surface area contributed by atoms with Crippen LogP contribution in [0.2, 0.25) is 0 Å². The lowest BCUT2D eigenvalue weighted by Gasteiger charge is -2.05. The maximum atomic E-state index is 5.21. The second kappa shape index (κ2) is 3.84. The summed E-state index contributed by atoms with van der Waals surface area (Å²) < 4.78 is 11.4. The van der Waals surface area contributed by atoms with Crippen molar-refractivity contribution >= 4 is 15.9 Å². The maximum absolute atomic E-state index is 5.21. The lowest BCUT2D eigenvalue weighted by Crippen LogP contribution is -1.87. The lowest BCUT2D eigenvalue weighted by molar-refractivity contribution is 0.414. The van der Waals surface area contributed by atoms with Gasteiger partial charge in [0.1, 0.15) is 12.0 Å². The number of oxazole rings is 1. The molecule has 0 bridgehead atoms. The van der Waals surface area contributed by atoms with Crippen LogP contribution in [0.25, 0.3) is 11.5 Å². The minimum absolute atomic E-state index is 0.558. The molecule has 0 aliphatic carbocycles. The van der Waals surface area contributed by atoms with E-state index in [0.29, 0.717) is 5.89 Å². The minimum atomic E-state index is 0.558. The van der Waals surface area contributed by atoms with Crippen LogP contribution in [0.1, 0.15) is 0 Å². The minimum Gasteiger partial charge on any atom is -0.496 e. The number of hydrogen-bond donors (Lipinski definition) is 0. The van der Waals surface area contributed by atoms with E-state index < -0.39 is 0 Å². The van der Waals surface area contributed by atoms with Gasteiger partial charge in [-0.05, 0) is 18.2 Å². The number of benzene rings is 1. The number of methoxy groups -OCH3 is 1. The number of nitrogens with zero attached hydrogens (tertiary/aromatic N) is 1. The largest absolute Gasteiger partial charge is 0.496 e. The molecule has 0 amide bonds. The lowest BCUT2D eigenvalue weighted by atomic mass is 10.2. The van der Waals surface area contributed by atoms with Crippen LogP contribution in [-0.4, -0.2) is 12.1 Å². The third-order valence-electron chi connectivity index (χ3n) is 1.82. The van der Waals surface area contributed by atoms with Gasteiger partial charge in [0, 0.05) is 4.47 Å². The molecule has 72 valence electrons. The van der Waals surface area contributed by atoms with Crippen LogP contribution in [0.3, 0.4) is 0 Å². The van der Waals surface area contributed by atoms with Crippen LogP contribution >= 0.6 is 15.9 Å². The van der Waals surface area contributed by atoms with Gasteiger partial charge in [0.2, 0.25) is 5.89 Å². The molecule has 0 atom stereocenters. The first kappa shape index (κ1) is 9.27. The molecule has 2 rings (SSSR count). The smallest absolute Gasteiger partial charge is 0.229 e. The third-order valence-corrected chi connectivity index (χ3v) is 2.32. The molecule has 0 saturated carbocycles. The number of rotatable bonds is 2. The molecule has 2 aromatic rings. The van der Waals surface area contributed by atoms with Crippen molar-refractivity contribution in [2.24, 2.45) is 0 Å². The number of ether oxygens (including phenoxy) is 1. The Bertz CT molecular complexity index is 426. The van der Waals surface area contributed by atoms with Gasteiger partial charge >= 0.3 is 0 Å². The summed E-state index contributed by atoms with van der Waals surface area (Å²) in [5.74, 6) is 1.30. The Balaban J connectivity index is 2.55. The van der Waals surface area contributed by atoms with Crippen molar-refractivity contribution in [1.29, 1.82) is 0 Å². The Morgan fingerprint density at radius 1 is 1.43 bits per heavy atom. The fourth-order valence-corrected chi connectivity index (χ4v) is 1.56. The summed E-state index contributed by atoms with van der Waals surface area (Å²) in [6, 6.07) is 5.68. The molecule has 4 heteroatoms. The van der Waals surface area contributed by atoms with Gasteiger partial charge in [0.15, 0.2) is 0 Å². The molecular weight excluding hydrogens is 246 g/mol. The van der Waals surface area contributed by atoms with Gasteiger partial charge in [-0.25, -0.2) is 4.98 Å². The number of hydrogen-bond acceptors (Lipinski definition) is 3. The second-order valence-electron chi connectivity index (χ2n) is 2.68. The van der Waals surface area contributed by atoms with Crippen LogP contribution < -0.4 is 4.74 Å². The molecule has 0 spiro atoms. The number of aromatic nitrogens is 1. The first-order chi connectivity index (χ1) is 6.81. The Morgan fingerprint density at radius 3 is 2.93 bits per heavy atom. The van der Waals surface area contributed by atoms with Crippen molar-refractivity contribution in [1.82, 2.24) is 4.98 Å². The van der Waals surface area contributed by atoms with Crippen LogP contribution in [-0.2, 0) is 0 Å². The summed E-state index contributed by atoms with van der Waals surface area (Å²) in [7, 11) is 1.62. The van der Waals surface area contributed by atoms with E-state index in [1.165, 1.54) is 6.26 Å². The fourth-order valence-electron chi connectivity index (χ4n) is 1.20. The van der Waals surface area contributed by atoms with E-state index >= 15 is 0 Å². The van der Waals surface area contributed by atoms with Crippen molar-refractivity contribution in [2.75, 3.05) is 7.11 Å². The van der Waals surface area contributed by atoms with Crippen LogP contribution in [0.4, 0.5) is 0 Å². The Hall–Kier alpha value is -1.29. The molecule has 0 aliphatic rings. The highest BCUT2D eigenvalue weighted by Crippen LogP contribution is 2.31. The van der Waals surface area contributed by atoms with Crippen molar-refractivity contribution < 1.29 is 9.15 Å². The van der Waals surface area contributed by atoms with Crippen LogP contribution in [0.5, 0.6) is 5.75 Å². The molecule has 1 heterocycles. The van der Waals surface area contributed by atoms with E-state index in [0.717, 1.165) is 15.8 Å².